The number of aryl methyl sites for hydroxylation is 2. The SMILES string of the molecule is CC.CC.Cc1ccc2c(N)nn(C)c2c1. The standard InChI is InChI=1S/C9H11N3.2C2H6/c1-6-3-4-7-8(5-6)12(2)11-9(7)10;2*1-2/h3-5H,1-2H3,(H2,10,11);2*1-2H3. The molecule has 0 aliphatic heterocycles. The first kappa shape index (κ1) is 14.5. The van der Waals surface area contributed by atoms with Gasteiger partial charge in [-0.3, -0.25) is 4.68 Å². The topological polar surface area (TPSA) is 43.8 Å². The first-order valence-electron chi connectivity index (χ1n) is 5.87. The third kappa shape index (κ3) is 2.99. The Morgan fingerprint density at radius 3 is 2.25 bits per heavy atom. The minimum atomic E-state index is 0.604. The van der Waals surface area contributed by atoms with Gasteiger partial charge in [0.25, 0.3) is 0 Å². The molecular weight excluding hydrogens is 198 g/mol. The van der Waals surface area contributed by atoms with Crippen LogP contribution in [0.4, 0.5) is 5.82 Å². The van der Waals surface area contributed by atoms with Crippen molar-refractivity contribution < 1.29 is 0 Å². The number of aromatic nitrogens is 2. The molecule has 0 atom stereocenters. The summed E-state index contributed by atoms with van der Waals surface area (Å²) in [6, 6.07) is 6.13. The summed E-state index contributed by atoms with van der Waals surface area (Å²) in [6.45, 7) is 10.1. The number of rotatable bonds is 0. The van der Waals surface area contributed by atoms with Crippen LogP contribution in [0.15, 0.2) is 18.2 Å². The lowest BCUT2D eigenvalue weighted by Gasteiger charge is -1.94. The fourth-order valence-corrected chi connectivity index (χ4v) is 1.40. The average molecular weight is 221 g/mol. The van der Waals surface area contributed by atoms with Gasteiger partial charge in [-0.25, -0.2) is 0 Å². The Hall–Kier alpha value is -1.51. The number of hydrogen-bond donors (Lipinski definition) is 1. The van der Waals surface area contributed by atoms with Crippen molar-refractivity contribution >= 4 is 16.7 Å². The first-order valence-corrected chi connectivity index (χ1v) is 5.87. The number of anilines is 1. The maximum Gasteiger partial charge on any atom is 0.153 e. The van der Waals surface area contributed by atoms with Crippen LogP contribution in [-0.2, 0) is 7.05 Å². The molecule has 0 saturated carbocycles. The van der Waals surface area contributed by atoms with E-state index in [1.807, 2.05) is 46.9 Å². The molecule has 0 aliphatic rings. The lowest BCUT2D eigenvalue weighted by atomic mass is 10.2. The molecule has 2 rings (SSSR count). The van der Waals surface area contributed by atoms with E-state index in [1.165, 1.54) is 5.56 Å². The predicted octanol–water partition coefficient (Wildman–Crippen LogP) is 3.52. The summed E-state index contributed by atoms with van der Waals surface area (Å²) < 4.78 is 1.80. The van der Waals surface area contributed by atoms with Gasteiger partial charge in [0.15, 0.2) is 5.82 Å². The molecule has 0 saturated heterocycles. The third-order valence-electron chi connectivity index (χ3n) is 2.04. The number of nitrogens with two attached hydrogens (primary N) is 1. The van der Waals surface area contributed by atoms with Crippen molar-refractivity contribution in [2.75, 3.05) is 5.73 Å². The van der Waals surface area contributed by atoms with E-state index in [1.54, 1.807) is 4.68 Å². The Morgan fingerprint density at radius 1 is 1.12 bits per heavy atom. The van der Waals surface area contributed by atoms with Crippen molar-refractivity contribution in [2.24, 2.45) is 7.05 Å². The van der Waals surface area contributed by atoms with Crippen LogP contribution < -0.4 is 5.73 Å². The third-order valence-corrected chi connectivity index (χ3v) is 2.04. The summed E-state index contributed by atoms with van der Waals surface area (Å²) in [5.74, 6) is 0.604. The summed E-state index contributed by atoms with van der Waals surface area (Å²) in [6.07, 6.45) is 0. The maximum atomic E-state index is 5.70. The van der Waals surface area contributed by atoms with Gasteiger partial charge in [-0.05, 0) is 24.6 Å². The van der Waals surface area contributed by atoms with Crippen molar-refractivity contribution in [3.8, 4) is 0 Å². The molecule has 0 fully saturated rings. The molecular formula is C13H23N3. The summed E-state index contributed by atoms with van der Waals surface area (Å²) in [5, 5.41) is 5.16. The smallest absolute Gasteiger partial charge is 0.153 e. The van der Waals surface area contributed by atoms with Crippen LogP contribution in [0.25, 0.3) is 10.9 Å². The van der Waals surface area contributed by atoms with Crippen molar-refractivity contribution in [3.63, 3.8) is 0 Å². The molecule has 90 valence electrons. The van der Waals surface area contributed by atoms with Crippen LogP contribution in [0.5, 0.6) is 0 Å². The van der Waals surface area contributed by atoms with Crippen LogP contribution in [0.2, 0.25) is 0 Å². The lowest BCUT2D eigenvalue weighted by molar-refractivity contribution is 0.802. The second kappa shape index (κ2) is 6.88. The highest BCUT2D eigenvalue weighted by molar-refractivity contribution is 5.89. The molecule has 0 unspecified atom stereocenters. The molecule has 1 aromatic carbocycles. The zero-order valence-corrected chi connectivity index (χ0v) is 11.2. The van der Waals surface area contributed by atoms with Crippen molar-refractivity contribution in [1.82, 2.24) is 9.78 Å². The van der Waals surface area contributed by atoms with Gasteiger partial charge in [-0.1, -0.05) is 33.8 Å². The largest absolute Gasteiger partial charge is 0.382 e. The maximum absolute atomic E-state index is 5.70. The van der Waals surface area contributed by atoms with Gasteiger partial charge in [0.2, 0.25) is 0 Å². The minimum absolute atomic E-state index is 0.604. The Bertz CT molecular complexity index is 430. The van der Waals surface area contributed by atoms with Gasteiger partial charge in [0.1, 0.15) is 0 Å². The quantitative estimate of drug-likeness (QED) is 0.739. The fraction of sp³-hybridized carbons (Fsp3) is 0.462. The second-order valence-corrected chi connectivity index (χ2v) is 3.03. The first-order chi connectivity index (χ1) is 7.68. The normalized spacial score (nSPS) is 8.88. The number of nitrogens with zero attached hydrogens (tertiary/aromatic N) is 2. The Labute approximate surface area is 98.3 Å². The summed E-state index contributed by atoms with van der Waals surface area (Å²) in [7, 11) is 1.90. The van der Waals surface area contributed by atoms with E-state index in [9.17, 15) is 0 Å². The van der Waals surface area contributed by atoms with E-state index in [4.69, 9.17) is 5.73 Å². The summed E-state index contributed by atoms with van der Waals surface area (Å²) >= 11 is 0. The van der Waals surface area contributed by atoms with Gasteiger partial charge < -0.3 is 5.73 Å². The monoisotopic (exact) mass is 221 g/mol. The van der Waals surface area contributed by atoms with E-state index >= 15 is 0 Å². The van der Waals surface area contributed by atoms with Crippen LogP contribution in [0, 0.1) is 6.92 Å². The van der Waals surface area contributed by atoms with Crippen LogP contribution in [-0.4, -0.2) is 9.78 Å². The van der Waals surface area contributed by atoms with E-state index < -0.39 is 0 Å². The van der Waals surface area contributed by atoms with Crippen LogP contribution >= 0.6 is 0 Å². The van der Waals surface area contributed by atoms with E-state index in [0.717, 1.165) is 10.9 Å². The van der Waals surface area contributed by atoms with Crippen molar-refractivity contribution in [3.05, 3.63) is 23.8 Å². The highest BCUT2D eigenvalue weighted by atomic mass is 15.3. The molecule has 0 bridgehead atoms. The molecule has 0 spiro atoms. The Kier molecular flexibility index (Phi) is 6.23. The zero-order valence-electron chi connectivity index (χ0n) is 11.2. The highest BCUT2D eigenvalue weighted by Crippen LogP contribution is 2.20. The molecule has 0 radical (unpaired) electrons. The molecule has 16 heavy (non-hydrogen) atoms. The summed E-state index contributed by atoms with van der Waals surface area (Å²) in [4.78, 5) is 0. The van der Waals surface area contributed by atoms with Crippen LogP contribution in [0.3, 0.4) is 0 Å². The number of hydrogen-bond acceptors (Lipinski definition) is 2. The van der Waals surface area contributed by atoms with Gasteiger partial charge in [0, 0.05) is 12.4 Å². The fourth-order valence-electron chi connectivity index (χ4n) is 1.40. The highest BCUT2D eigenvalue weighted by Gasteiger charge is 2.03. The number of benzene rings is 1. The molecule has 2 N–H and O–H groups in total. The molecule has 1 heterocycles. The van der Waals surface area contributed by atoms with E-state index in [-0.39, 0.29) is 0 Å². The summed E-state index contributed by atoms with van der Waals surface area (Å²) in [5.41, 5.74) is 8.01. The van der Waals surface area contributed by atoms with Crippen molar-refractivity contribution in [2.45, 2.75) is 34.6 Å². The molecule has 3 nitrogen and oxygen atoms in total. The van der Waals surface area contributed by atoms with E-state index in [2.05, 4.69) is 18.1 Å². The molecule has 1 aromatic heterocycles. The predicted molar refractivity (Wildman–Crippen MR) is 72.6 cm³/mol. The van der Waals surface area contributed by atoms with Gasteiger partial charge in [-0.15, -0.1) is 0 Å². The Balaban J connectivity index is 0.000000509. The number of fused-ring (bicyclic) bond motifs is 1. The second-order valence-electron chi connectivity index (χ2n) is 3.03. The lowest BCUT2D eigenvalue weighted by Crippen LogP contribution is -1.91. The van der Waals surface area contributed by atoms with Crippen LogP contribution in [0.1, 0.15) is 33.3 Å². The van der Waals surface area contributed by atoms with Gasteiger partial charge >= 0.3 is 0 Å². The molecule has 3 heteroatoms. The molecule has 0 amide bonds. The molecule has 0 aliphatic carbocycles. The van der Waals surface area contributed by atoms with Gasteiger partial charge in [0.05, 0.1) is 5.52 Å². The van der Waals surface area contributed by atoms with E-state index in [0.29, 0.717) is 5.82 Å². The number of nitrogen functional groups attached to an aromatic ring is 1. The van der Waals surface area contributed by atoms with Gasteiger partial charge in [-0.2, -0.15) is 5.10 Å². The minimum Gasteiger partial charge on any atom is -0.382 e. The zero-order chi connectivity index (χ0) is 12.7. The Morgan fingerprint density at radius 2 is 1.69 bits per heavy atom. The van der Waals surface area contributed by atoms with Crippen molar-refractivity contribution in [1.29, 1.82) is 0 Å². The molecule has 2 aromatic rings. The average Bonchev–Trinajstić information content (AvgIpc) is 2.60.